The van der Waals surface area contributed by atoms with E-state index in [9.17, 15) is 8.42 Å². The number of sulfonamides is 1. The van der Waals surface area contributed by atoms with E-state index in [0.29, 0.717) is 11.5 Å². The highest BCUT2D eigenvalue weighted by Crippen LogP contribution is 2.27. The lowest BCUT2D eigenvalue weighted by atomic mass is 10.1. The average Bonchev–Trinajstić information content (AvgIpc) is 2.21. The van der Waals surface area contributed by atoms with Crippen LogP contribution >= 0.6 is 0 Å². The maximum atomic E-state index is 12.3. The van der Waals surface area contributed by atoms with Gasteiger partial charge in [-0.3, -0.25) is 0 Å². The number of ether oxygens (including phenoxy) is 1. The van der Waals surface area contributed by atoms with E-state index in [1.807, 2.05) is 34.6 Å². The molecule has 1 rings (SSSR count). The standard InChI is InChI=1S/C14H23NO3S/c1-7-18-12-8-9-13(11(3)10(12)2)19(16,17)15-14(4,5)6/h8-9,15H,7H2,1-6H3. The molecule has 0 amide bonds. The van der Waals surface area contributed by atoms with Crippen LogP contribution in [0.2, 0.25) is 0 Å². The summed E-state index contributed by atoms with van der Waals surface area (Å²) in [6.45, 7) is 11.6. The minimum absolute atomic E-state index is 0.309. The zero-order chi connectivity index (χ0) is 14.8. The first-order valence-electron chi connectivity index (χ1n) is 6.35. The molecule has 0 fully saturated rings. The molecule has 0 saturated heterocycles. The molecule has 0 aromatic heterocycles. The van der Waals surface area contributed by atoms with Gasteiger partial charge in [-0.05, 0) is 64.8 Å². The maximum absolute atomic E-state index is 12.3. The molecule has 0 bridgehead atoms. The predicted octanol–water partition coefficient (Wildman–Crippen LogP) is 2.78. The van der Waals surface area contributed by atoms with E-state index in [4.69, 9.17) is 4.74 Å². The fourth-order valence-electron chi connectivity index (χ4n) is 1.83. The Morgan fingerprint density at radius 3 is 2.21 bits per heavy atom. The summed E-state index contributed by atoms with van der Waals surface area (Å²) >= 11 is 0. The van der Waals surface area contributed by atoms with E-state index in [0.717, 1.165) is 16.9 Å². The van der Waals surface area contributed by atoms with Gasteiger partial charge in [0.05, 0.1) is 11.5 Å². The first kappa shape index (κ1) is 16.0. The zero-order valence-corrected chi connectivity index (χ0v) is 13.3. The predicted molar refractivity (Wildman–Crippen MR) is 77.2 cm³/mol. The van der Waals surface area contributed by atoms with Crippen LogP contribution in [0, 0.1) is 13.8 Å². The Balaban J connectivity index is 3.26. The molecule has 5 heteroatoms. The minimum atomic E-state index is -3.51. The SMILES string of the molecule is CCOc1ccc(S(=O)(=O)NC(C)(C)C)c(C)c1C. The lowest BCUT2D eigenvalue weighted by Crippen LogP contribution is -2.40. The molecule has 1 N–H and O–H groups in total. The molecule has 0 aliphatic heterocycles. The fraction of sp³-hybridized carbons (Fsp3) is 0.571. The van der Waals surface area contributed by atoms with Crippen molar-refractivity contribution in [2.24, 2.45) is 0 Å². The lowest BCUT2D eigenvalue weighted by molar-refractivity contribution is 0.337. The third kappa shape index (κ3) is 3.94. The Hall–Kier alpha value is -1.07. The van der Waals surface area contributed by atoms with Gasteiger partial charge >= 0.3 is 0 Å². The van der Waals surface area contributed by atoms with Crippen LogP contribution in [0.4, 0.5) is 0 Å². The van der Waals surface area contributed by atoms with Crippen LogP contribution in [0.5, 0.6) is 5.75 Å². The van der Waals surface area contributed by atoms with Crippen molar-refractivity contribution in [3.8, 4) is 5.75 Å². The third-order valence-electron chi connectivity index (χ3n) is 2.72. The van der Waals surface area contributed by atoms with Gasteiger partial charge in [-0.15, -0.1) is 0 Å². The van der Waals surface area contributed by atoms with Crippen molar-refractivity contribution < 1.29 is 13.2 Å². The minimum Gasteiger partial charge on any atom is -0.494 e. The highest BCUT2D eigenvalue weighted by molar-refractivity contribution is 7.89. The number of hydrogen-bond acceptors (Lipinski definition) is 3. The van der Waals surface area contributed by atoms with Gasteiger partial charge in [0.15, 0.2) is 0 Å². The molecular weight excluding hydrogens is 262 g/mol. The molecule has 108 valence electrons. The molecule has 0 aliphatic rings. The second kappa shape index (κ2) is 5.51. The van der Waals surface area contributed by atoms with Crippen LogP contribution in [-0.2, 0) is 10.0 Å². The van der Waals surface area contributed by atoms with Crippen molar-refractivity contribution in [1.29, 1.82) is 0 Å². The monoisotopic (exact) mass is 285 g/mol. The van der Waals surface area contributed by atoms with E-state index in [-0.39, 0.29) is 0 Å². The quantitative estimate of drug-likeness (QED) is 0.925. The molecule has 4 nitrogen and oxygen atoms in total. The molecule has 0 heterocycles. The smallest absolute Gasteiger partial charge is 0.241 e. The van der Waals surface area contributed by atoms with Crippen LogP contribution in [0.3, 0.4) is 0 Å². The van der Waals surface area contributed by atoms with Gasteiger partial charge in [-0.2, -0.15) is 0 Å². The Bertz CT molecular complexity index is 557. The largest absolute Gasteiger partial charge is 0.494 e. The molecule has 0 spiro atoms. The van der Waals surface area contributed by atoms with E-state index in [2.05, 4.69) is 4.72 Å². The molecule has 0 aliphatic carbocycles. The average molecular weight is 285 g/mol. The summed E-state index contributed by atoms with van der Waals surface area (Å²) < 4.78 is 32.8. The fourth-order valence-corrected chi connectivity index (χ4v) is 3.55. The molecule has 0 unspecified atom stereocenters. The summed E-state index contributed by atoms with van der Waals surface area (Å²) in [5, 5.41) is 0. The Kier molecular flexibility index (Phi) is 4.63. The number of benzene rings is 1. The van der Waals surface area contributed by atoms with Crippen LogP contribution in [0.25, 0.3) is 0 Å². The van der Waals surface area contributed by atoms with Gasteiger partial charge in [0, 0.05) is 5.54 Å². The van der Waals surface area contributed by atoms with Gasteiger partial charge < -0.3 is 4.74 Å². The second-order valence-corrected chi connectivity index (χ2v) is 7.25. The van der Waals surface area contributed by atoms with Crippen molar-refractivity contribution in [2.45, 2.75) is 52.0 Å². The van der Waals surface area contributed by atoms with Crippen LogP contribution in [-0.4, -0.2) is 20.6 Å². The first-order chi connectivity index (χ1) is 8.58. The second-order valence-electron chi connectivity index (χ2n) is 5.60. The molecule has 1 aromatic carbocycles. The number of hydrogen-bond donors (Lipinski definition) is 1. The van der Waals surface area contributed by atoms with Crippen LogP contribution in [0.15, 0.2) is 17.0 Å². The van der Waals surface area contributed by atoms with Crippen molar-refractivity contribution in [3.63, 3.8) is 0 Å². The van der Waals surface area contributed by atoms with Crippen molar-refractivity contribution in [2.75, 3.05) is 6.61 Å². The summed E-state index contributed by atoms with van der Waals surface area (Å²) in [6.07, 6.45) is 0. The van der Waals surface area contributed by atoms with E-state index < -0.39 is 15.6 Å². The molecule has 0 radical (unpaired) electrons. The third-order valence-corrected chi connectivity index (χ3v) is 4.62. The summed E-state index contributed by atoms with van der Waals surface area (Å²) in [5.41, 5.74) is 1.08. The lowest BCUT2D eigenvalue weighted by Gasteiger charge is -2.22. The summed E-state index contributed by atoms with van der Waals surface area (Å²) in [5.74, 6) is 0.731. The van der Waals surface area contributed by atoms with Gasteiger partial charge in [0.1, 0.15) is 5.75 Å². The topological polar surface area (TPSA) is 55.4 Å². The highest BCUT2D eigenvalue weighted by Gasteiger charge is 2.24. The first-order valence-corrected chi connectivity index (χ1v) is 7.84. The number of nitrogens with one attached hydrogen (secondary N) is 1. The normalized spacial score (nSPS) is 12.5. The summed E-state index contributed by atoms with van der Waals surface area (Å²) in [7, 11) is -3.51. The van der Waals surface area contributed by atoms with Gasteiger partial charge in [-0.25, -0.2) is 13.1 Å². The van der Waals surface area contributed by atoms with Gasteiger partial charge in [0.2, 0.25) is 10.0 Å². The van der Waals surface area contributed by atoms with Gasteiger partial charge in [-0.1, -0.05) is 0 Å². The maximum Gasteiger partial charge on any atom is 0.241 e. The van der Waals surface area contributed by atoms with Crippen LogP contribution in [0.1, 0.15) is 38.8 Å². The van der Waals surface area contributed by atoms with Crippen molar-refractivity contribution in [3.05, 3.63) is 23.3 Å². The molecule has 0 saturated carbocycles. The van der Waals surface area contributed by atoms with Crippen molar-refractivity contribution in [1.82, 2.24) is 4.72 Å². The molecular formula is C14H23NO3S. The molecule has 19 heavy (non-hydrogen) atoms. The Morgan fingerprint density at radius 1 is 1.16 bits per heavy atom. The van der Waals surface area contributed by atoms with E-state index in [1.165, 1.54) is 0 Å². The van der Waals surface area contributed by atoms with Crippen LogP contribution < -0.4 is 9.46 Å². The Morgan fingerprint density at radius 2 is 1.74 bits per heavy atom. The van der Waals surface area contributed by atoms with Crippen molar-refractivity contribution >= 4 is 10.0 Å². The van der Waals surface area contributed by atoms with Gasteiger partial charge in [0.25, 0.3) is 0 Å². The number of rotatable bonds is 4. The summed E-state index contributed by atoms with van der Waals surface area (Å²) in [6, 6.07) is 3.31. The molecule has 1 aromatic rings. The zero-order valence-electron chi connectivity index (χ0n) is 12.5. The highest BCUT2D eigenvalue weighted by atomic mass is 32.2. The molecule has 0 atom stereocenters. The van der Waals surface area contributed by atoms with E-state index >= 15 is 0 Å². The van der Waals surface area contributed by atoms with E-state index in [1.54, 1.807) is 19.1 Å². The summed E-state index contributed by atoms with van der Waals surface area (Å²) in [4.78, 5) is 0.309. The Labute approximate surface area is 116 Å².